The Labute approximate surface area is 135 Å². The minimum atomic E-state index is 0.282. The highest BCUT2D eigenvalue weighted by atomic mass is 15.3. The maximum atomic E-state index is 6.12. The summed E-state index contributed by atoms with van der Waals surface area (Å²) in [6.07, 6.45) is 2.79. The zero-order valence-corrected chi connectivity index (χ0v) is 13.4. The van der Waals surface area contributed by atoms with Crippen molar-refractivity contribution in [1.29, 1.82) is 0 Å². The summed E-state index contributed by atoms with van der Waals surface area (Å²) in [6.45, 7) is 5.93. The van der Waals surface area contributed by atoms with Gasteiger partial charge in [0.15, 0.2) is 11.5 Å². The molecular formula is C17H20N6. The van der Waals surface area contributed by atoms with Crippen LogP contribution in [0.4, 0.5) is 11.8 Å². The molecule has 0 fully saturated rings. The molecule has 0 bridgehead atoms. The van der Waals surface area contributed by atoms with Gasteiger partial charge in [-0.15, -0.1) is 0 Å². The Morgan fingerprint density at radius 2 is 1.91 bits per heavy atom. The van der Waals surface area contributed by atoms with Gasteiger partial charge < -0.3 is 15.2 Å². The van der Waals surface area contributed by atoms with Gasteiger partial charge in [0.1, 0.15) is 5.52 Å². The first-order valence-corrected chi connectivity index (χ1v) is 7.95. The van der Waals surface area contributed by atoms with Crippen LogP contribution < -0.4 is 10.6 Å². The molecule has 23 heavy (non-hydrogen) atoms. The molecule has 6 heteroatoms. The van der Waals surface area contributed by atoms with E-state index in [-0.39, 0.29) is 6.04 Å². The number of nitrogen functional groups attached to an aromatic ring is 1. The smallest absolute Gasteiger partial charge is 0.229 e. The zero-order chi connectivity index (χ0) is 16.0. The molecule has 2 N–H and O–H groups in total. The van der Waals surface area contributed by atoms with Crippen LogP contribution in [-0.2, 0) is 13.0 Å². The Balaban J connectivity index is 1.76. The molecule has 3 heterocycles. The van der Waals surface area contributed by atoms with Gasteiger partial charge in [-0.3, -0.25) is 0 Å². The minimum Gasteiger partial charge on any atom is -0.382 e. The molecule has 4 rings (SSSR count). The standard InChI is InChI=1S/C17H20N6/c1-11(2)23-10-19-14-15(18)20-17(21-16(14)23)22-8-7-12-5-3-4-6-13(12)9-22/h3-6,10-11H,7-9H2,1-2H3,(H2,18,20,21). The molecule has 0 radical (unpaired) electrons. The van der Waals surface area contributed by atoms with Crippen molar-refractivity contribution >= 4 is 22.9 Å². The van der Waals surface area contributed by atoms with Crippen LogP contribution in [0.2, 0.25) is 0 Å². The second-order valence-corrected chi connectivity index (χ2v) is 6.27. The van der Waals surface area contributed by atoms with Crippen LogP contribution >= 0.6 is 0 Å². The van der Waals surface area contributed by atoms with Crippen LogP contribution in [0.15, 0.2) is 30.6 Å². The van der Waals surface area contributed by atoms with Gasteiger partial charge in [0, 0.05) is 19.1 Å². The van der Waals surface area contributed by atoms with Crippen molar-refractivity contribution < 1.29 is 0 Å². The number of nitrogens with two attached hydrogens (primary N) is 1. The molecule has 6 nitrogen and oxygen atoms in total. The third kappa shape index (κ3) is 2.30. The Morgan fingerprint density at radius 3 is 2.70 bits per heavy atom. The van der Waals surface area contributed by atoms with Gasteiger partial charge in [-0.05, 0) is 31.4 Å². The number of aromatic nitrogens is 4. The number of imidazole rings is 1. The molecule has 1 aliphatic heterocycles. The SMILES string of the molecule is CC(C)n1cnc2c(N)nc(N3CCc4ccccc4C3)nc21. The number of hydrogen-bond acceptors (Lipinski definition) is 5. The summed E-state index contributed by atoms with van der Waals surface area (Å²) in [4.78, 5) is 15.8. The molecule has 0 amide bonds. The van der Waals surface area contributed by atoms with Gasteiger partial charge in [0.25, 0.3) is 0 Å². The summed E-state index contributed by atoms with van der Waals surface area (Å²) in [5.74, 6) is 1.13. The van der Waals surface area contributed by atoms with E-state index < -0.39 is 0 Å². The van der Waals surface area contributed by atoms with Crippen molar-refractivity contribution in [2.75, 3.05) is 17.2 Å². The third-order valence-electron chi connectivity index (χ3n) is 4.41. The lowest BCUT2D eigenvalue weighted by Crippen LogP contribution is -2.32. The van der Waals surface area contributed by atoms with Gasteiger partial charge in [-0.2, -0.15) is 9.97 Å². The highest BCUT2D eigenvalue weighted by molar-refractivity contribution is 5.83. The molecule has 0 unspecified atom stereocenters. The Morgan fingerprint density at radius 1 is 1.13 bits per heavy atom. The molecule has 0 saturated heterocycles. The van der Waals surface area contributed by atoms with E-state index in [4.69, 9.17) is 10.7 Å². The molecule has 1 aromatic carbocycles. The monoisotopic (exact) mass is 308 g/mol. The summed E-state index contributed by atoms with van der Waals surface area (Å²) in [6, 6.07) is 8.81. The summed E-state index contributed by atoms with van der Waals surface area (Å²) < 4.78 is 2.04. The number of nitrogens with zero attached hydrogens (tertiary/aromatic N) is 5. The van der Waals surface area contributed by atoms with Crippen LogP contribution in [-0.4, -0.2) is 26.1 Å². The Bertz CT molecular complexity index is 867. The van der Waals surface area contributed by atoms with Crippen molar-refractivity contribution in [1.82, 2.24) is 19.5 Å². The number of hydrogen-bond donors (Lipinski definition) is 1. The topological polar surface area (TPSA) is 72.9 Å². The lowest BCUT2D eigenvalue weighted by atomic mass is 10.0. The van der Waals surface area contributed by atoms with Gasteiger partial charge >= 0.3 is 0 Å². The van der Waals surface area contributed by atoms with E-state index in [0.717, 1.165) is 25.2 Å². The minimum absolute atomic E-state index is 0.282. The molecule has 2 aromatic heterocycles. The summed E-state index contributed by atoms with van der Waals surface area (Å²) in [5, 5.41) is 0. The fraction of sp³-hybridized carbons (Fsp3) is 0.353. The van der Waals surface area contributed by atoms with Gasteiger partial charge in [0.05, 0.1) is 6.33 Å². The average molecular weight is 308 g/mol. The number of fused-ring (bicyclic) bond motifs is 2. The second kappa shape index (κ2) is 5.22. The molecular weight excluding hydrogens is 288 g/mol. The van der Waals surface area contributed by atoms with Crippen LogP contribution in [0, 0.1) is 0 Å². The zero-order valence-electron chi connectivity index (χ0n) is 13.4. The van der Waals surface area contributed by atoms with E-state index in [1.165, 1.54) is 11.1 Å². The summed E-state index contributed by atoms with van der Waals surface area (Å²) in [7, 11) is 0. The van der Waals surface area contributed by atoms with Crippen LogP contribution in [0.5, 0.6) is 0 Å². The molecule has 0 atom stereocenters. The van der Waals surface area contributed by atoms with Gasteiger partial charge in [-0.1, -0.05) is 24.3 Å². The first-order valence-electron chi connectivity index (χ1n) is 7.95. The van der Waals surface area contributed by atoms with E-state index in [0.29, 0.717) is 17.3 Å². The Kier molecular flexibility index (Phi) is 3.18. The molecule has 3 aromatic rings. The van der Waals surface area contributed by atoms with Crippen LogP contribution in [0.3, 0.4) is 0 Å². The fourth-order valence-corrected chi connectivity index (χ4v) is 3.11. The predicted molar refractivity (Wildman–Crippen MR) is 91.3 cm³/mol. The highest BCUT2D eigenvalue weighted by Gasteiger charge is 2.21. The van der Waals surface area contributed by atoms with Crippen LogP contribution in [0.1, 0.15) is 31.0 Å². The molecule has 1 aliphatic rings. The number of benzene rings is 1. The summed E-state index contributed by atoms with van der Waals surface area (Å²) >= 11 is 0. The normalized spacial score (nSPS) is 14.5. The molecule has 0 spiro atoms. The first kappa shape index (κ1) is 14.0. The van der Waals surface area contributed by atoms with E-state index in [1.807, 2.05) is 4.57 Å². The van der Waals surface area contributed by atoms with Crippen molar-refractivity contribution in [2.45, 2.75) is 32.9 Å². The maximum Gasteiger partial charge on any atom is 0.229 e. The predicted octanol–water partition coefficient (Wildman–Crippen LogP) is 2.55. The van der Waals surface area contributed by atoms with E-state index >= 15 is 0 Å². The molecule has 118 valence electrons. The van der Waals surface area contributed by atoms with Crippen molar-refractivity contribution in [2.24, 2.45) is 0 Å². The Hall–Kier alpha value is -2.63. The van der Waals surface area contributed by atoms with E-state index in [2.05, 4.69) is 53.0 Å². The van der Waals surface area contributed by atoms with Crippen molar-refractivity contribution in [3.05, 3.63) is 41.7 Å². The van der Waals surface area contributed by atoms with Crippen LogP contribution in [0.25, 0.3) is 11.2 Å². The second-order valence-electron chi connectivity index (χ2n) is 6.27. The molecule has 0 saturated carbocycles. The van der Waals surface area contributed by atoms with E-state index in [9.17, 15) is 0 Å². The highest BCUT2D eigenvalue weighted by Crippen LogP contribution is 2.26. The van der Waals surface area contributed by atoms with Crippen molar-refractivity contribution in [3.8, 4) is 0 Å². The molecule has 0 aliphatic carbocycles. The largest absolute Gasteiger partial charge is 0.382 e. The lowest BCUT2D eigenvalue weighted by Gasteiger charge is -2.29. The average Bonchev–Trinajstić information content (AvgIpc) is 2.99. The maximum absolute atomic E-state index is 6.12. The fourth-order valence-electron chi connectivity index (χ4n) is 3.11. The van der Waals surface area contributed by atoms with Gasteiger partial charge in [0.2, 0.25) is 5.95 Å². The van der Waals surface area contributed by atoms with E-state index in [1.54, 1.807) is 6.33 Å². The first-order chi connectivity index (χ1) is 11.1. The van der Waals surface area contributed by atoms with Crippen molar-refractivity contribution in [3.63, 3.8) is 0 Å². The summed E-state index contributed by atoms with van der Waals surface area (Å²) in [5.41, 5.74) is 10.3. The quantitative estimate of drug-likeness (QED) is 0.787. The number of rotatable bonds is 2. The van der Waals surface area contributed by atoms with Gasteiger partial charge in [-0.25, -0.2) is 4.98 Å². The number of anilines is 2. The lowest BCUT2D eigenvalue weighted by molar-refractivity contribution is 0.611. The third-order valence-corrected chi connectivity index (χ3v) is 4.41.